The molecule has 2 aromatic carbocycles. The zero-order valence-electron chi connectivity index (χ0n) is 27.4. The third-order valence-corrected chi connectivity index (χ3v) is 9.17. The Balaban J connectivity index is 0.00000330. The topological polar surface area (TPSA) is 63.7 Å². The molecule has 244 valence electrons. The highest BCUT2D eigenvalue weighted by Gasteiger charge is 2.36. The average molecular weight is 632 g/mol. The average Bonchev–Trinajstić information content (AvgIpc) is 3.04. The van der Waals surface area contributed by atoms with Crippen LogP contribution >= 0.6 is 0 Å². The van der Waals surface area contributed by atoms with Crippen molar-refractivity contribution in [2.24, 2.45) is 11.8 Å². The summed E-state index contributed by atoms with van der Waals surface area (Å²) < 4.78 is 46.0. The Bertz CT molecular complexity index is 1250. The molecule has 0 saturated carbocycles. The Labute approximate surface area is 265 Å². The molecule has 2 aromatic rings. The molecule has 1 aliphatic heterocycles. The number of unbranched alkanes of at least 4 members (excludes halogenated alkanes) is 1. The van der Waals surface area contributed by atoms with Crippen molar-refractivity contribution in [2.45, 2.75) is 97.9 Å². The zero-order chi connectivity index (χ0) is 32.9. The smallest absolute Gasteiger partial charge is 0.273 e. The van der Waals surface area contributed by atoms with Crippen molar-refractivity contribution in [3.05, 3.63) is 71.8 Å². The molecule has 0 aromatic heterocycles. The van der Waals surface area contributed by atoms with Crippen molar-refractivity contribution in [3.8, 4) is 11.5 Å². The molecule has 0 fully saturated rings. The first-order valence-electron chi connectivity index (χ1n) is 16.1. The highest BCUT2D eigenvalue weighted by atomic mass is 32.2. The van der Waals surface area contributed by atoms with E-state index in [1.807, 2.05) is 43.9 Å². The van der Waals surface area contributed by atoms with Crippen LogP contribution in [0, 0.1) is 11.8 Å². The van der Waals surface area contributed by atoms with E-state index in [1.165, 1.54) is 25.1 Å². The summed E-state index contributed by atoms with van der Waals surface area (Å²) >= 11 is 0. The Morgan fingerprint density at radius 3 is 2.32 bits per heavy atom. The summed E-state index contributed by atoms with van der Waals surface area (Å²) in [6.45, 7) is 13.7. The first-order valence-corrected chi connectivity index (χ1v) is 17.8. The summed E-state index contributed by atoms with van der Waals surface area (Å²) in [5.41, 5.74) is 2.16. The van der Waals surface area contributed by atoms with Gasteiger partial charge in [-0.15, -0.1) is 0 Å². The highest BCUT2D eigenvalue weighted by molar-refractivity contribution is 7.84. The Hall–Kier alpha value is -2.87. The molecule has 0 spiro atoms. The van der Waals surface area contributed by atoms with Crippen molar-refractivity contribution in [1.29, 1.82) is 0 Å². The number of hydrogen-bond donors (Lipinski definition) is 0. The Morgan fingerprint density at radius 2 is 1.73 bits per heavy atom. The summed E-state index contributed by atoms with van der Waals surface area (Å²) in [5, 5.41) is 0. The van der Waals surface area contributed by atoms with E-state index < -0.39 is 16.7 Å². The van der Waals surface area contributed by atoms with E-state index in [-0.39, 0.29) is 48.0 Å². The lowest BCUT2D eigenvalue weighted by molar-refractivity contribution is -0.135. The monoisotopic (exact) mass is 631 g/mol. The van der Waals surface area contributed by atoms with Crippen LogP contribution in [0.1, 0.15) is 102 Å². The standard InChI is InChI=1S/C34H45F2NO4S.C2H6/c1-6-25(12-10-9-11-24(4)31(38)7-2)33-30-23-29(41-28-17-14-27(15-18-28)34(35,36)8-3)16-13-26(30)19-21-37(33)32(39)20-22-42(5)40;1-2/h7,13-18,23-25,33H,2,6,8-12,19-22H2,1,3-5H3;1-2H3/t24?,25-,33+,42?;/m1./s1. The molecule has 8 heteroatoms. The van der Waals surface area contributed by atoms with E-state index in [2.05, 4.69) is 13.5 Å². The van der Waals surface area contributed by atoms with Gasteiger partial charge in [-0.1, -0.05) is 66.5 Å². The molecule has 1 aliphatic rings. The Kier molecular flexibility index (Phi) is 15.4. The van der Waals surface area contributed by atoms with Crippen LogP contribution in [0.25, 0.3) is 0 Å². The van der Waals surface area contributed by atoms with Gasteiger partial charge in [-0.3, -0.25) is 13.8 Å². The number of carbonyl (C=O) groups excluding carboxylic acids is 2. The van der Waals surface area contributed by atoms with E-state index in [9.17, 15) is 22.6 Å². The predicted octanol–water partition coefficient (Wildman–Crippen LogP) is 9.18. The highest BCUT2D eigenvalue weighted by Crippen LogP contribution is 2.42. The first kappa shape index (κ1) is 37.3. The maximum absolute atomic E-state index is 14.1. The fourth-order valence-corrected chi connectivity index (χ4v) is 6.21. The van der Waals surface area contributed by atoms with Crippen molar-refractivity contribution in [2.75, 3.05) is 18.6 Å². The van der Waals surface area contributed by atoms with E-state index in [1.54, 1.807) is 18.4 Å². The van der Waals surface area contributed by atoms with Crippen molar-refractivity contribution < 1.29 is 27.3 Å². The van der Waals surface area contributed by atoms with Gasteiger partial charge < -0.3 is 9.64 Å². The van der Waals surface area contributed by atoms with Crippen LogP contribution in [0.4, 0.5) is 8.78 Å². The molecule has 44 heavy (non-hydrogen) atoms. The maximum Gasteiger partial charge on any atom is 0.273 e. The number of carbonyl (C=O) groups is 2. The lowest BCUT2D eigenvalue weighted by atomic mass is 9.80. The van der Waals surface area contributed by atoms with Gasteiger partial charge >= 0.3 is 0 Å². The number of alkyl halides is 2. The second-order valence-electron chi connectivity index (χ2n) is 11.3. The molecule has 0 aliphatic carbocycles. The summed E-state index contributed by atoms with van der Waals surface area (Å²) in [6.07, 6.45) is 8.10. The zero-order valence-corrected chi connectivity index (χ0v) is 28.2. The minimum absolute atomic E-state index is 0.00302. The van der Waals surface area contributed by atoms with Crippen LogP contribution in [0.3, 0.4) is 0 Å². The lowest BCUT2D eigenvalue weighted by Gasteiger charge is -2.42. The largest absolute Gasteiger partial charge is 0.457 e. The number of hydrogen-bond acceptors (Lipinski definition) is 4. The second kappa shape index (κ2) is 18.2. The van der Waals surface area contributed by atoms with Crippen LogP contribution in [0.2, 0.25) is 0 Å². The number of ether oxygens (including phenoxy) is 1. The van der Waals surface area contributed by atoms with Gasteiger partial charge in [0, 0.05) is 53.7 Å². The molecular weight excluding hydrogens is 580 g/mol. The number of allylic oxidation sites excluding steroid dienone is 1. The van der Waals surface area contributed by atoms with Gasteiger partial charge in [0.05, 0.1) is 6.04 Å². The molecular formula is C36H51F2NO4S. The summed E-state index contributed by atoms with van der Waals surface area (Å²) in [5.74, 6) is -1.29. The fraction of sp³-hybridized carbons (Fsp3) is 0.556. The predicted molar refractivity (Wildman–Crippen MR) is 177 cm³/mol. The normalized spacial score (nSPS) is 16.5. The van der Waals surface area contributed by atoms with Gasteiger partial charge in [0.2, 0.25) is 5.91 Å². The molecule has 1 amide bonds. The Morgan fingerprint density at radius 1 is 1.09 bits per heavy atom. The van der Waals surface area contributed by atoms with Gasteiger partial charge in [0.1, 0.15) is 11.5 Å². The number of halogens is 2. The third-order valence-electron chi connectivity index (χ3n) is 8.39. The van der Waals surface area contributed by atoms with Gasteiger partial charge in [0.15, 0.2) is 5.78 Å². The van der Waals surface area contributed by atoms with Gasteiger partial charge in [0.25, 0.3) is 5.92 Å². The maximum atomic E-state index is 14.1. The number of rotatable bonds is 16. The molecule has 4 atom stereocenters. The van der Waals surface area contributed by atoms with Crippen LogP contribution in [-0.2, 0) is 32.7 Å². The summed E-state index contributed by atoms with van der Waals surface area (Å²) in [4.78, 5) is 27.3. The van der Waals surface area contributed by atoms with Crippen LogP contribution in [0.5, 0.6) is 11.5 Å². The van der Waals surface area contributed by atoms with Gasteiger partial charge in [-0.2, -0.15) is 0 Å². The van der Waals surface area contributed by atoms with E-state index in [4.69, 9.17) is 4.74 Å². The molecule has 3 rings (SSSR count). The number of fused-ring (bicyclic) bond motifs is 1. The van der Waals surface area contributed by atoms with Crippen molar-refractivity contribution >= 4 is 22.5 Å². The number of ketones is 1. The molecule has 0 radical (unpaired) electrons. The lowest BCUT2D eigenvalue weighted by Crippen LogP contribution is -2.43. The van der Waals surface area contributed by atoms with Gasteiger partial charge in [-0.25, -0.2) is 8.78 Å². The molecule has 5 nitrogen and oxygen atoms in total. The van der Waals surface area contributed by atoms with E-state index >= 15 is 0 Å². The molecule has 1 heterocycles. The van der Waals surface area contributed by atoms with Crippen molar-refractivity contribution in [1.82, 2.24) is 4.90 Å². The number of amides is 1. The van der Waals surface area contributed by atoms with Crippen LogP contribution in [0.15, 0.2) is 55.1 Å². The third kappa shape index (κ3) is 10.4. The molecule has 0 N–H and O–H groups in total. The number of benzene rings is 2. The van der Waals surface area contributed by atoms with E-state index in [0.29, 0.717) is 30.2 Å². The van der Waals surface area contributed by atoms with Gasteiger partial charge in [-0.05, 0) is 78.8 Å². The van der Waals surface area contributed by atoms with Crippen molar-refractivity contribution in [3.63, 3.8) is 0 Å². The van der Waals surface area contributed by atoms with Crippen LogP contribution < -0.4 is 4.74 Å². The molecule has 0 bridgehead atoms. The summed E-state index contributed by atoms with van der Waals surface area (Å²) in [7, 11) is -1.06. The minimum atomic E-state index is -2.88. The molecule has 2 unspecified atom stereocenters. The summed E-state index contributed by atoms with van der Waals surface area (Å²) in [6, 6.07) is 11.7. The van der Waals surface area contributed by atoms with E-state index in [0.717, 1.165) is 43.2 Å². The number of nitrogens with zero attached hydrogens (tertiary/aromatic N) is 1. The second-order valence-corrected chi connectivity index (χ2v) is 12.9. The quantitative estimate of drug-likeness (QED) is 0.137. The fourth-order valence-electron chi connectivity index (χ4n) is 5.74. The SMILES string of the molecule is C=CC(=O)C(C)CCCC[C@@H](CC)[C@H]1c2cc(Oc3ccc(C(F)(F)CC)cc3)ccc2CCN1C(=O)CCS(C)=O.CC. The first-order chi connectivity index (χ1) is 21.0. The molecule has 0 saturated heterocycles. The van der Waals surface area contributed by atoms with Crippen LogP contribution in [-0.4, -0.2) is 39.4 Å². The minimum Gasteiger partial charge on any atom is -0.457 e.